The molecule has 1 N–H and O–H groups in total. The lowest BCUT2D eigenvalue weighted by Gasteiger charge is -2.22. The van der Waals surface area contributed by atoms with Gasteiger partial charge < -0.3 is 14.5 Å². The average Bonchev–Trinajstić information content (AvgIpc) is 3.12. The molecule has 0 amide bonds. The van der Waals surface area contributed by atoms with Crippen LogP contribution in [0.15, 0.2) is 34.7 Å². The SMILES string of the molecule is CCC(NC(C)c1ccc(C)o1)c1ccc2c(c1)CCO2. The van der Waals surface area contributed by atoms with Gasteiger partial charge in [-0.15, -0.1) is 0 Å². The highest BCUT2D eigenvalue weighted by Crippen LogP contribution is 2.30. The molecule has 3 rings (SSSR count). The minimum Gasteiger partial charge on any atom is -0.493 e. The molecule has 0 bridgehead atoms. The van der Waals surface area contributed by atoms with Gasteiger partial charge in [0.2, 0.25) is 0 Å². The van der Waals surface area contributed by atoms with Crippen LogP contribution in [0.2, 0.25) is 0 Å². The zero-order valence-electron chi connectivity index (χ0n) is 13.0. The number of ether oxygens (including phenoxy) is 1. The van der Waals surface area contributed by atoms with E-state index in [1.54, 1.807) is 0 Å². The van der Waals surface area contributed by atoms with Crippen molar-refractivity contribution in [1.82, 2.24) is 5.32 Å². The lowest BCUT2D eigenvalue weighted by Crippen LogP contribution is -2.24. The molecule has 2 heterocycles. The Balaban J connectivity index is 1.75. The molecule has 0 saturated carbocycles. The Bertz CT molecular complexity index is 617. The molecular weight excluding hydrogens is 262 g/mol. The van der Waals surface area contributed by atoms with Crippen LogP contribution in [0.1, 0.15) is 55.0 Å². The molecule has 0 radical (unpaired) electrons. The first-order chi connectivity index (χ1) is 10.2. The highest BCUT2D eigenvalue weighted by Gasteiger charge is 2.19. The first kappa shape index (κ1) is 14.2. The van der Waals surface area contributed by atoms with E-state index >= 15 is 0 Å². The molecule has 1 aromatic carbocycles. The lowest BCUT2D eigenvalue weighted by molar-refractivity contribution is 0.356. The molecule has 1 aliphatic rings. The predicted octanol–water partition coefficient (Wildman–Crippen LogP) is 4.32. The van der Waals surface area contributed by atoms with Gasteiger partial charge in [-0.1, -0.05) is 19.1 Å². The maximum atomic E-state index is 5.72. The van der Waals surface area contributed by atoms with Crippen molar-refractivity contribution in [2.24, 2.45) is 0 Å². The summed E-state index contributed by atoms with van der Waals surface area (Å²) in [5.41, 5.74) is 2.66. The summed E-state index contributed by atoms with van der Waals surface area (Å²) in [4.78, 5) is 0. The molecule has 21 heavy (non-hydrogen) atoms. The number of fused-ring (bicyclic) bond motifs is 1. The van der Waals surface area contributed by atoms with Gasteiger partial charge in [0.15, 0.2) is 0 Å². The molecule has 1 aromatic heterocycles. The van der Waals surface area contributed by atoms with Crippen molar-refractivity contribution in [2.75, 3.05) is 6.61 Å². The van der Waals surface area contributed by atoms with Crippen molar-refractivity contribution in [3.05, 3.63) is 53.0 Å². The Morgan fingerprint density at radius 1 is 1.24 bits per heavy atom. The van der Waals surface area contributed by atoms with Crippen molar-refractivity contribution < 1.29 is 9.15 Å². The zero-order chi connectivity index (χ0) is 14.8. The molecule has 3 heteroatoms. The Kier molecular flexibility index (Phi) is 4.02. The third-order valence-corrected chi connectivity index (χ3v) is 4.16. The van der Waals surface area contributed by atoms with Crippen LogP contribution in [0.5, 0.6) is 5.75 Å². The second kappa shape index (κ2) is 5.94. The monoisotopic (exact) mass is 285 g/mol. The zero-order valence-corrected chi connectivity index (χ0v) is 13.0. The first-order valence-corrected chi connectivity index (χ1v) is 7.75. The average molecular weight is 285 g/mol. The number of hydrogen-bond acceptors (Lipinski definition) is 3. The van der Waals surface area contributed by atoms with E-state index in [0.29, 0.717) is 6.04 Å². The fourth-order valence-corrected chi connectivity index (χ4v) is 2.94. The molecular formula is C18H23NO2. The van der Waals surface area contributed by atoms with E-state index < -0.39 is 0 Å². The van der Waals surface area contributed by atoms with E-state index in [4.69, 9.17) is 9.15 Å². The Labute approximate surface area is 126 Å². The van der Waals surface area contributed by atoms with E-state index in [0.717, 1.165) is 36.7 Å². The maximum Gasteiger partial charge on any atom is 0.122 e. The van der Waals surface area contributed by atoms with E-state index in [9.17, 15) is 0 Å². The minimum absolute atomic E-state index is 0.202. The topological polar surface area (TPSA) is 34.4 Å². The van der Waals surface area contributed by atoms with Gasteiger partial charge in [-0.25, -0.2) is 0 Å². The summed E-state index contributed by atoms with van der Waals surface area (Å²) in [6.45, 7) is 7.15. The molecule has 0 spiro atoms. The number of hydrogen-bond donors (Lipinski definition) is 1. The van der Waals surface area contributed by atoms with E-state index in [2.05, 4.69) is 43.4 Å². The second-order valence-electron chi connectivity index (χ2n) is 5.76. The van der Waals surface area contributed by atoms with Crippen molar-refractivity contribution in [3.8, 4) is 5.75 Å². The van der Waals surface area contributed by atoms with Crippen molar-refractivity contribution in [3.63, 3.8) is 0 Å². The molecule has 2 unspecified atom stereocenters. The second-order valence-corrected chi connectivity index (χ2v) is 5.76. The maximum absolute atomic E-state index is 5.72. The van der Waals surface area contributed by atoms with Crippen LogP contribution in [-0.4, -0.2) is 6.61 Å². The van der Waals surface area contributed by atoms with E-state index in [1.165, 1.54) is 11.1 Å². The molecule has 0 fully saturated rings. The largest absolute Gasteiger partial charge is 0.493 e. The van der Waals surface area contributed by atoms with Gasteiger partial charge in [-0.3, -0.25) is 0 Å². The van der Waals surface area contributed by atoms with Crippen LogP contribution >= 0.6 is 0 Å². The molecule has 0 saturated heterocycles. The third-order valence-electron chi connectivity index (χ3n) is 4.16. The Hall–Kier alpha value is -1.74. The van der Waals surface area contributed by atoms with Gasteiger partial charge in [0.05, 0.1) is 12.6 Å². The first-order valence-electron chi connectivity index (χ1n) is 7.75. The van der Waals surface area contributed by atoms with Gasteiger partial charge in [-0.05, 0) is 49.6 Å². The molecule has 112 valence electrons. The Morgan fingerprint density at radius 3 is 2.81 bits per heavy atom. The van der Waals surface area contributed by atoms with Crippen LogP contribution in [0.4, 0.5) is 0 Å². The fourth-order valence-electron chi connectivity index (χ4n) is 2.94. The molecule has 0 aliphatic carbocycles. The fraction of sp³-hybridized carbons (Fsp3) is 0.444. The summed E-state index contributed by atoms with van der Waals surface area (Å²) in [5.74, 6) is 3.00. The highest BCUT2D eigenvalue weighted by atomic mass is 16.5. The molecule has 1 aliphatic heterocycles. The van der Waals surface area contributed by atoms with Crippen molar-refractivity contribution in [1.29, 1.82) is 0 Å². The number of rotatable bonds is 5. The minimum atomic E-state index is 0.202. The van der Waals surface area contributed by atoms with Gasteiger partial charge >= 0.3 is 0 Å². The summed E-state index contributed by atoms with van der Waals surface area (Å²) in [5, 5.41) is 3.67. The summed E-state index contributed by atoms with van der Waals surface area (Å²) in [6.07, 6.45) is 2.07. The van der Waals surface area contributed by atoms with Gasteiger partial charge in [0, 0.05) is 12.5 Å². The third kappa shape index (κ3) is 2.98. The van der Waals surface area contributed by atoms with E-state index in [1.807, 2.05) is 13.0 Å². The number of aryl methyl sites for hydroxylation is 1. The standard InChI is InChI=1S/C18H23NO2/c1-4-16(19-13(3)17-7-5-12(2)21-17)14-6-8-18-15(11-14)9-10-20-18/h5-8,11,13,16,19H,4,9-10H2,1-3H3. The molecule has 2 atom stereocenters. The Morgan fingerprint density at radius 2 is 2.10 bits per heavy atom. The number of benzene rings is 1. The summed E-state index contributed by atoms with van der Waals surface area (Å²) in [6, 6.07) is 11.2. The normalized spacial score (nSPS) is 16.3. The van der Waals surface area contributed by atoms with Gasteiger partial charge in [-0.2, -0.15) is 0 Å². The molecule has 3 nitrogen and oxygen atoms in total. The highest BCUT2D eigenvalue weighted by molar-refractivity contribution is 5.40. The quantitative estimate of drug-likeness (QED) is 0.888. The van der Waals surface area contributed by atoms with Crippen molar-refractivity contribution >= 4 is 0 Å². The van der Waals surface area contributed by atoms with Crippen LogP contribution in [-0.2, 0) is 6.42 Å². The molecule has 2 aromatic rings. The summed E-state index contributed by atoms with van der Waals surface area (Å²) >= 11 is 0. The van der Waals surface area contributed by atoms with E-state index in [-0.39, 0.29) is 6.04 Å². The van der Waals surface area contributed by atoms with Gasteiger partial charge in [0.25, 0.3) is 0 Å². The summed E-state index contributed by atoms with van der Waals surface area (Å²) in [7, 11) is 0. The summed E-state index contributed by atoms with van der Waals surface area (Å²) < 4.78 is 11.3. The van der Waals surface area contributed by atoms with Crippen LogP contribution in [0.3, 0.4) is 0 Å². The van der Waals surface area contributed by atoms with Crippen molar-refractivity contribution in [2.45, 2.75) is 45.7 Å². The predicted molar refractivity (Wildman–Crippen MR) is 83.7 cm³/mol. The lowest BCUT2D eigenvalue weighted by atomic mass is 10.00. The number of furan rings is 1. The van der Waals surface area contributed by atoms with Crippen LogP contribution < -0.4 is 10.1 Å². The smallest absolute Gasteiger partial charge is 0.122 e. The van der Waals surface area contributed by atoms with Crippen LogP contribution in [0.25, 0.3) is 0 Å². The van der Waals surface area contributed by atoms with Gasteiger partial charge in [0.1, 0.15) is 17.3 Å². The van der Waals surface area contributed by atoms with Crippen LogP contribution in [0, 0.1) is 6.92 Å². The number of nitrogens with one attached hydrogen (secondary N) is 1.